The summed E-state index contributed by atoms with van der Waals surface area (Å²) >= 11 is 0. The van der Waals surface area contributed by atoms with Crippen LogP contribution in [0.3, 0.4) is 0 Å². The van der Waals surface area contributed by atoms with Crippen molar-refractivity contribution >= 4 is 29.9 Å². The van der Waals surface area contributed by atoms with Crippen LogP contribution in [0, 0.1) is 5.92 Å². The summed E-state index contributed by atoms with van der Waals surface area (Å²) in [6.45, 7) is 6.62. The Morgan fingerprint density at radius 3 is 2.78 bits per heavy atom. The van der Waals surface area contributed by atoms with Crippen LogP contribution in [0.2, 0.25) is 0 Å². The maximum absolute atomic E-state index is 5.88. The van der Waals surface area contributed by atoms with Crippen LogP contribution in [0.1, 0.15) is 31.4 Å². The Labute approximate surface area is 155 Å². The second kappa shape index (κ2) is 10.3. The Morgan fingerprint density at radius 2 is 2.09 bits per heavy atom. The molecule has 23 heavy (non-hydrogen) atoms. The molecule has 0 aliphatic rings. The van der Waals surface area contributed by atoms with Crippen LogP contribution < -0.4 is 11.1 Å². The van der Waals surface area contributed by atoms with Gasteiger partial charge in [-0.1, -0.05) is 38.1 Å². The molecule has 3 N–H and O–H groups in total. The normalized spacial score (nSPS) is 11.3. The number of nitrogens with one attached hydrogen (secondary N) is 1. The number of nitrogens with two attached hydrogens (primary N) is 1. The molecule has 2 rings (SSSR count). The van der Waals surface area contributed by atoms with Gasteiger partial charge in [-0.05, 0) is 29.5 Å². The average molecular weight is 427 g/mol. The van der Waals surface area contributed by atoms with E-state index in [1.54, 1.807) is 6.20 Å². The van der Waals surface area contributed by atoms with Crippen LogP contribution in [0.25, 0.3) is 0 Å². The minimum Gasteiger partial charge on any atom is -0.370 e. The molecule has 0 spiro atoms. The molecule has 6 heteroatoms. The second-order valence-electron chi connectivity index (χ2n) is 5.83. The number of nitrogens with zero attached hydrogens (tertiary/aromatic N) is 3. The van der Waals surface area contributed by atoms with Gasteiger partial charge in [-0.3, -0.25) is 4.68 Å². The Bertz CT molecular complexity index is 593. The predicted octanol–water partition coefficient (Wildman–Crippen LogP) is 3.00. The molecule has 0 saturated heterocycles. The fraction of sp³-hybridized carbons (Fsp3) is 0.412. The number of aromatic nitrogens is 2. The number of benzene rings is 1. The molecule has 126 valence electrons. The number of halogens is 1. The molecule has 0 aliphatic carbocycles. The van der Waals surface area contributed by atoms with Crippen LogP contribution >= 0.6 is 24.0 Å². The van der Waals surface area contributed by atoms with Crippen molar-refractivity contribution < 1.29 is 0 Å². The summed E-state index contributed by atoms with van der Waals surface area (Å²) in [4.78, 5) is 4.39. The van der Waals surface area contributed by atoms with Crippen molar-refractivity contribution in [1.82, 2.24) is 15.1 Å². The molecule has 0 radical (unpaired) electrons. The molecule has 0 aliphatic heterocycles. The Morgan fingerprint density at radius 1 is 1.30 bits per heavy atom. The highest BCUT2D eigenvalue weighted by Crippen LogP contribution is 2.08. The molecular formula is C17H26IN5. The third-order valence-electron chi connectivity index (χ3n) is 3.35. The third kappa shape index (κ3) is 7.49. The van der Waals surface area contributed by atoms with Gasteiger partial charge in [0.05, 0.1) is 13.1 Å². The van der Waals surface area contributed by atoms with Crippen molar-refractivity contribution in [1.29, 1.82) is 0 Å². The average Bonchev–Trinajstić information content (AvgIpc) is 2.98. The van der Waals surface area contributed by atoms with Crippen molar-refractivity contribution in [3.05, 3.63) is 53.9 Å². The lowest BCUT2D eigenvalue weighted by atomic mass is 10.1. The van der Waals surface area contributed by atoms with E-state index in [0.717, 1.165) is 25.1 Å². The van der Waals surface area contributed by atoms with Crippen LogP contribution in [0.4, 0.5) is 0 Å². The molecule has 0 fully saturated rings. The van der Waals surface area contributed by atoms with Gasteiger partial charge < -0.3 is 11.1 Å². The maximum Gasteiger partial charge on any atom is 0.188 e. The molecule has 1 aromatic heterocycles. The SMILES string of the molecule is CC(C)CCNC(N)=NCc1cccc(Cn2cccn2)c1.I. The first-order valence-corrected chi connectivity index (χ1v) is 7.72. The summed E-state index contributed by atoms with van der Waals surface area (Å²) in [5.74, 6) is 1.18. The van der Waals surface area contributed by atoms with Gasteiger partial charge in [0.1, 0.15) is 0 Å². The van der Waals surface area contributed by atoms with Crippen molar-refractivity contribution in [2.75, 3.05) is 6.54 Å². The number of hydrogen-bond donors (Lipinski definition) is 2. The van der Waals surface area contributed by atoms with Gasteiger partial charge in [0.25, 0.3) is 0 Å². The van der Waals surface area contributed by atoms with E-state index in [-0.39, 0.29) is 24.0 Å². The molecular weight excluding hydrogens is 401 g/mol. The highest BCUT2D eigenvalue weighted by molar-refractivity contribution is 14.0. The number of aliphatic imine (C=N–C) groups is 1. The maximum atomic E-state index is 5.88. The van der Waals surface area contributed by atoms with Gasteiger partial charge in [0.2, 0.25) is 0 Å². The lowest BCUT2D eigenvalue weighted by Gasteiger charge is -2.08. The highest BCUT2D eigenvalue weighted by Gasteiger charge is 1.99. The van der Waals surface area contributed by atoms with E-state index in [0.29, 0.717) is 18.4 Å². The first-order valence-electron chi connectivity index (χ1n) is 7.72. The first-order chi connectivity index (χ1) is 10.6. The molecule has 2 aromatic rings. The van der Waals surface area contributed by atoms with E-state index in [9.17, 15) is 0 Å². The minimum atomic E-state index is 0. The lowest BCUT2D eigenvalue weighted by Crippen LogP contribution is -2.32. The quantitative estimate of drug-likeness (QED) is 0.406. The van der Waals surface area contributed by atoms with Crippen LogP contribution in [0.15, 0.2) is 47.7 Å². The van der Waals surface area contributed by atoms with E-state index in [4.69, 9.17) is 5.73 Å². The highest BCUT2D eigenvalue weighted by atomic mass is 127. The summed E-state index contributed by atoms with van der Waals surface area (Å²) < 4.78 is 1.91. The van der Waals surface area contributed by atoms with Gasteiger partial charge in [-0.2, -0.15) is 5.10 Å². The third-order valence-corrected chi connectivity index (χ3v) is 3.35. The predicted molar refractivity (Wildman–Crippen MR) is 106 cm³/mol. The standard InChI is InChI=1S/C17H25N5.HI/c1-14(2)7-9-19-17(18)20-12-15-5-3-6-16(11-15)13-22-10-4-8-21-22;/h3-6,8,10-11,14H,7,9,12-13H2,1-2H3,(H3,18,19,20);1H. The van der Waals surface area contributed by atoms with Crippen LogP contribution in [-0.2, 0) is 13.1 Å². The zero-order valence-corrected chi connectivity index (χ0v) is 16.1. The number of rotatable bonds is 7. The Hall–Kier alpha value is -1.57. The topological polar surface area (TPSA) is 68.2 Å². The van der Waals surface area contributed by atoms with Gasteiger partial charge >= 0.3 is 0 Å². The van der Waals surface area contributed by atoms with Crippen LogP contribution in [-0.4, -0.2) is 22.3 Å². The Balaban J connectivity index is 0.00000264. The smallest absolute Gasteiger partial charge is 0.188 e. The van der Waals surface area contributed by atoms with Gasteiger partial charge in [-0.25, -0.2) is 4.99 Å². The van der Waals surface area contributed by atoms with E-state index in [1.807, 2.05) is 23.0 Å². The number of hydrogen-bond acceptors (Lipinski definition) is 2. The van der Waals surface area contributed by atoms with Gasteiger partial charge in [-0.15, -0.1) is 24.0 Å². The van der Waals surface area contributed by atoms with E-state index >= 15 is 0 Å². The Kier molecular flexibility index (Phi) is 8.68. The molecule has 1 aromatic carbocycles. The summed E-state index contributed by atoms with van der Waals surface area (Å²) in [6.07, 6.45) is 4.84. The van der Waals surface area contributed by atoms with Crippen molar-refractivity contribution in [3.8, 4) is 0 Å². The number of guanidine groups is 1. The zero-order chi connectivity index (χ0) is 15.8. The second-order valence-corrected chi connectivity index (χ2v) is 5.83. The minimum absolute atomic E-state index is 0. The lowest BCUT2D eigenvalue weighted by molar-refractivity contribution is 0.576. The van der Waals surface area contributed by atoms with Gasteiger partial charge in [0, 0.05) is 18.9 Å². The molecule has 1 heterocycles. The molecule has 0 atom stereocenters. The molecule has 5 nitrogen and oxygen atoms in total. The fourth-order valence-electron chi connectivity index (χ4n) is 2.13. The largest absolute Gasteiger partial charge is 0.370 e. The fourth-order valence-corrected chi connectivity index (χ4v) is 2.13. The first kappa shape index (κ1) is 19.5. The van der Waals surface area contributed by atoms with E-state index < -0.39 is 0 Å². The van der Waals surface area contributed by atoms with Crippen molar-refractivity contribution in [3.63, 3.8) is 0 Å². The van der Waals surface area contributed by atoms with Gasteiger partial charge in [0.15, 0.2) is 5.96 Å². The monoisotopic (exact) mass is 427 g/mol. The summed E-state index contributed by atoms with van der Waals surface area (Å²) in [6, 6.07) is 10.3. The van der Waals surface area contributed by atoms with Crippen molar-refractivity contribution in [2.45, 2.75) is 33.4 Å². The molecule has 0 unspecified atom stereocenters. The van der Waals surface area contributed by atoms with E-state index in [2.05, 4.69) is 47.5 Å². The van der Waals surface area contributed by atoms with E-state index in [1.165, 1.54) is 5.56 Å². The van der Waals surface area contributed by atoms with Crippen LogP contribution in [0.5, 0.6) is 0 Å². The molecule has 0 bridgehead atoms. The zero-order valence-electron chi connectivity index (χ0n) is 13.8. The summed E-state index contributed by atoms with van der Waals surface area (Å²) in [7, 11) is 0. The molecule has 0 saturated carbocycles. The van der Waals surface area contributed by atoms with Crippen molar-refractivity contribution in [2.24, 2.45) is 16.6 Å². The summed E-state index contributed by atoms with van der Waals surface area (Å²) in [5.41, 5.74) is 8.24. The summed E-state index contributed by atoms with van der Waals surface area (Å²) in [5, 5.41) is 7.37. The molecule has 0 amide bonds.